The zero-order valence-corrected chi connectivity index (χ0v) is 9.61. The molecule has 0 aromatic heterocycles. The van der Waals surface area contributed by atoms with E-state index in [1.807, 2.05) is 5.92 Å². The molecule has 1 atom stereocenters. The molecule has 88 valence electrons. The van der Waals surface area contributed by atoms with Gasteiger partial charge in [-0.1, -0.05) is 23.7 Å². The van der Waals surface area contributed by atoms with Gasteiger partial charge in [0.25, 0.3) is 0 Å². The molecule has 0 aliphatic heterocycles. The molecule has 0 spiro atoms. The predicted molar refractivity (Wildman–Crippen MR) is 63.5 cm³/mol. The molecular formula is C12H10ClNO3. The molecule has 2 N–H and O–H groups in total. The molecule has 4 nitrogen and oxygen atoms in total. The van der Waals surface area contributed by atoms with E-state index >= 15 is 0 Å². The average Bonchev–Trinajstić information content (AvgIpc) is 2.26. The van der Waals surface area contributed by atoms with Gasteiger partial charge in [0, 0.05) is 11.4 Å². The van der Waals surface area contributed by atoms with Crippen molar-refractivity contribution in [2.24, 2.45) is 5.73 Å². The molecule has 0 radical (unpaired) electrons. The van der Waals surface area contributed by atoms with Crippen LogP contribution in [-0.2, 0) is 16.0 Å². The first-order chi connectivity index (χ1) is 8.02. The summed E-state index contributed by atoms with van der Waals surface area (Å²) < 4.78 is 4.65. The number of rotatable bonds is 4. The SMILES string of the molecule is C#CC(=O)[C@H](Cc1cccc(Cl)c1)OC(N)=O. The lowest BCUT2D eigenvalue weighted by atomic mass is 10.1. The minimum atomic E-state index is -1.07. The maximum Gasteiger partial charge on any atom is 0.405 e. The van der Waals surface area contributed by atoms with Crippen molar-refractivity contribution in [1.29, 1.82) is 0 Å². The monoisotopic (exact) mass is 251 g/mol. The van der Waals surface area contributed by atoms with Crippen LogP contribution < -0.4 is 5.73 Å². The Morgan fingerprint density at radius 1 is 1.53 bits per heavy atom. The maximum atomic E-state index is 11.3. The molecule has 1 aromatic carbocycles. The van der Waals surface area contributed by atoms with Crippen molar-refractivity contribution in [2.75, 3.05) is 0 Å². The number of amides is 1. The van der Waals surface area contributed by atoms with Crippen LogP contribution in [0.1, 0.15) is 5.56 Å². The lowest BCUT2D eigenvalue weighted by Crippen LogP contribution is -2.31. The summed E-state index contributed by atoms with van der Waals surface area (Å²) in [4.78, 5) is 22.0. The number of hydrogen-bond donors (Lipinski definition) is 1. The molecule has 0 saturated carbocycles. The van der Waals surface area contributed by atoms with E-state index in [2.05, 4.69) is 4.74 Å². The topological polar surface area (TPSA) is 69.4 Å². The van der Waals surface area contributed by atoms with Crippen LogP contribution in [-0.4, -0.2) is 18.0 Å². The number of ether oxygens (including phenoxy) is 1. The van der Waals surface area contributed by atoms with Gasteiger partial charge in [-0.05, 0) is 23.6 Å². The molecular weight excluding hydrogens is 242 g/mol. The van der Waals surface area contributed by atoms with Crippen molar-refractivity contribution in [3.8, 4) is 12.3 Å². The Bertz CT molecular complexity index is 479. The molecule has 1 aromatic rings. The predicted octanol–water partition coefficient (Wildman–Crippen LogP) is 1.55. The fraction of sp³-hybridized carbons (Fsp3) is 0.167. The van der Waals surface area contributed by atoms with E-state index in [0.29, 0.717) is 5.02 Å². The van der Waals surface area contributed by atoms with Crippen molar-refractivity contribution in [3.63, 3.8) is 0 Å². The Labute approximate surface area is 104 Å². The van der Waals surface area contributed by atoms with E-state index in [1.165, 1.54) is 0 Å². The largest absolute Gasteiger partial charge is 0.437 e. The average molecular weight is 252 g/mol. The van der Waals surface area contributed by atoms with Crippen molar-refractivity contribution in [1.82, 2.24) is 0 Å². The van der Waals surface area contributed by atoms with Crippen molar-refractivity contribution in [2.45, 2.75) is 12.5 Å². The molecule has 17 heavy (non-hydrogen) atoms. The van der Waals surface area contributed by atoms with Crippen LogP contribution in [0.25, 0.3) is 0 Å². The van der Waals surface area contributed by atoms with Crippen molar-refractivity contribution in [3.05, 3.63) is 34.9 Å². The Kier molecular flexibility index (Phi) is 4.56. The zero-order valence-electron chi connectivity index (χ0n) is 8.85. The second kappa shape index (κ2) is 5.92. The zero-order chi connectivity index (χ0) is 12.8. The minimum Gasteiger partial charge on any atom is -0.437 e. The number of Topliss-reactive ketones (excluding diaryl/α,β-unsaturated/α-hetero) is 1. The molecule has 0 fully saturated rings. The molecule has 5 heteroatoms. The number of hydrogen-bond acceptors (Lipinski definition) is 3. The highest BCUT2D eigenvalue weighted by atomic mass is 35.5. The number of nitrogens with two attached hydrogens (primary N) is 1. The molecule has 1 amide bonds. The third-order valence-electron chi connectivity index (χ3n) is 2.00. The Hall–Kier alpha value is -1.99. The fourth-order valence-electron chi connectivity index (χ4n) is 1.30. The summed E-state index contributed by atoms with van der Waals surface area (Å²) in [5, 5.41) is 0.522. The van der Waals surface area contributed by atoms with Crippen molar-refractivity contribution >= 4 is 23.5 Å². The third-order valence-corrected chi connectivity index (χ3v) is 2.24. The highest BCUT2D eigenvalue weighted by molar-refractivity contribution is 6.30. The number of ketones is 1. The summed E-state index contributed by atoms with van der Waals surface area (Å²) in [5.74, 6) is 1.27. The van der Waals surface area contributed by atoms with Gasteiger partial charge in [0.2, 0.25) is 5.78 Å². The standard InChI is InChI=1S/C12H10ClNO3/c1-2-10(15)11(17-12(14)16)7-8-4-3-5-9(13)6-8/h1,3-6,11H,7H2,(H2,14,16)/t11-/m0/s1. The van der Waals surface area contributed by atoms with Gasteiger partial charge in [0.05, 0.1) is 0 Å². The van der Waals surface area contributed by atoms with Crippen LogP contribution in [0.2, 0.25) is 5.02 Å². The molecule has 0 unspecified atom stereocenters. The Balaban J connectivity index is 2.83. The van der Waals surface area contributed by atoms with Gasteiger partial charge >= 0.3 is 6.09 Å². The van der Waals surface area contributed by atoms with Crippen LogP contribution >= 0.6 is 11.6 Å². The molecule has 0 heterocycles. The lowest BCUT2D eigenvalue weighted by molar-refractivity contribution is -0.121. The first-order valence-corrected chi connectivity index (χ1v) is 5.11. The van der Waals surface area contributed by atoms with Gasteiger partial charge < -0.3 is 10.5 Å². The lowest BCUT2D eigenvalue weighted by Gasteiger charge is -2.12. The molecule has 0 aliphatic rings. The van der Waals surface area contributed by atoms with E-state index in [4.69, 9.17) is 23.8 Å². The van der Waals surface area contributed by atoms with Gasteiger partial charge in [-0.25, -0.2) is 4.79 Å². The smallest absolute Gasteiger partial charge is 0.405 e. The number of primary amides is 1. The maximum absolute atomic E-state index is 11.3. The van der Waals surface area contributed by atoms with E-state index in [9.17, 15) is 9.59 Å². The Morgan fingerprint density at radius 2 is 2.24 bits per heavy atom. The van der Waals surface area contributed by atoms with Crippen LogP contribution in [0.15, 0.2) is 24.3 Å². The molecule has 0 aliphatic carbocycles. The second-order valence-corrected chi connectivity index (χ2v) is 3.70. The van der Waals surface area contributed by atoms with E-state index in [0.717, 1.165) is 5.56 Å². The van der Waals surface area contributed by atoms with Crippen LogP contribution in [0.3, 0.4) is 0 Å². The van der Waals surface area contributed by atoms with Crippen LogP contribution in [0.4, 0.5) is 4.79 Å². The summed E-state index contributed by atoms with van der Waals surface area (Å²) in [6.07, 6.45) is 3.01. The first kappa shape index (κ1) is 13.1. The minimum absolute atomic E-state index is 0.145. The van der Waals surface area contributed by atoms with Gasteiger partial charge in [-0.15, -0.1) is 6.42 Å². The van der Waals surface area contributed by atoms with Crippen LogP contribution in [0.5, 0.6) is 0 Å². The fourth-order valence-corrected chi connectivity index (χ4v) is 1.51. The Morgan fingerprint density at radius 3 is 2.76 bits per heavy atom. The van der Waals surface area contributed by atoms with Crippen molar-refractivity contribution < 1.29 is 14.3 Å². The first-order valence-electron chi connectivity index (χ1n) is 4.74. The highest BCUT2D eigenvalue weighted by Crippen LogP contribution is 2.13. The van der Waals surface area contributed by atoms with Crippen LogP contribution in [0, 0.1) is 12.3 Å². The number of carbonyl (C=O) groups excluding carboxylic acids is 2. The normalized spacial score (nSPS) is 11.3. The van der Waals surface area contributed by atoms with Gasteiger partial charge in [-0.3, -0.25) is 4.79 Å². The summed E-state index contributed by atoms with van der Waals surface area (Å²) in [5.41, 5.74) is 5.59. The van der Waals surface area contributed by atoms with Gasteiger partial charge in [-0.2, -0.15) is 0 Å². The number of halogens is 1. The van der Waals surface area contributed by atoms with E-state index in [1.54, 1.807) is 24.3 Å². The summed E-state index contributed by atoms with van der Waals surface area (Å²) in [6, 6.07) is 6.81. The molecule has 0 saturated heterocycles. The molecule has 1 rings (SSSR count). The molecule has 0 bridgehead atoms. The summed E-state index contributed by atoms with van der Waals surface area (Å²) in [6.45, 7) is 0. The number of benzene rings is 1. The second-order valence-electron chi connectivity index (χ2n) is 3.27. The summed E-state index contributed by atoms with van der Waals surface area (Å²) >= 11 is 5.79. The summed E-state index contributed by atoms with van der Waals surface area (Å²) in [7, 11) is 0. The quantitative estimate of drug-likeness (QED) is 0.652. The van der Waals surface area contributed by atoms with Gasteiger partial charge in [0.1, 0.15) is 0 Å². The van der Waals surface area contributed by atoms with E-state index in [-0.39, 0.29) is 6.42 Å². The third kappa shape index (κ3) is 4.17. The highest BCUT2D eigenvalue weighted by Gasteiger charge is 2.20. The number of terminal acetylenes is 1. The van der Waals surface area contributed by atoms with Gasteiger partial charge in [0.15, 0.2) is 6.10 Å². The number of carbonyl (C=O) groups is 2. The van der Waals surface area contributed by atoms with E-state index < -0.39 is 18.0 Å².